The first-order valence-electron chi connectivity index (χ1n) is 11.8. The quantitative estimate of drug-likeness (QED) is 0.643. The van der Waals surface area contributed by atoms with Crippen LogP contribution in [-0.2, 0) is 4.74 Å². The summed E-state index contributed by atoms with van der Waals surface area (Å²) in [7, 11) is 0. The molecule has 0 amide bonds. The monoisotopic (exact) mass is 433 g/mol. The zero-order valence-corrected chi connectivity index (χ0v) is 19.0. The van der Waals surface area contributed by atoms with Crippen molar-refractivity contribution in [1.29, 1.82) is 0 Å². The standard InChI is InChI=1S/C25H31N5O2/c1-14-4-7-18-22(8-14)31-12-21(30-10-15(2)32-16(3)11-30)23(18)29-25-19-9-20(17-5-6-17)28-24(19)26-13-27-25/h4,7-9,13,15-17,21,23H,5-6,10-12H2,1-3H3,(H2,26,27,28,29)/t15-,16+,21-,23-/m0/s1. The first-order chi connectivity index (χ1) is 15.5. The molecule has 1 saturated carbocycles. The lowest BCUT2D eigenvalue weighted by atomic mass is 9.93. The first kappa shape index (κ1) is 20.0. The molecule has 3 aromatic rings. The Morgan fingerprint density at radius 3 is 2.69 bits per heavy atom. The maximum atomic E-state index is 6.28. The summed E-state index contributed by atoms with van der Waals surface area (Å²) in [4.78, 5) is 15.2. The van der Waals surface area contributed by atoms with Gasteiger partial charge in [0.05, 0.1) is 29.7 Å². The molecule has 1 aliphatic carbocycles. The number of benzene rings is 1. The second-order valence-corrected chi connectivity index (χ2v) is 9.74. The molecule has 6 rings (SSSR count). The number of anilines is 1. The van der Waals surface area contributed by atoms with E-state index >= 15 is 0 Å². The second-order valence-electron chi connectivity index (χ2n) is 9.74. The average Bonchev–Trinajstić information content (AvgIpc) is 3.52. The highest BCUT2D eigenvalue weighted by Gasteiger charge is 2.38. The van der Waals surface area contributed by atoms with Gasteiger partial charge < -0.3 is 19.8 Å². The van der Waals surface area contributed by atoms with Crippen LogP contribution in [0, 0.1) is 6.92 Å². The van der Waals surface area contributed by atoms with Gasteiger partial charge in [0.15, 0.2) is 0 Å². The molecule has 7 nitrogen and oxygen atoms in total. The van der Waals surface area contributed by atoms with Crippen molar-refractivity contribution in [3.05, 3.63) is 47.4 Å². The summed E-state index contributed by atoms with van der Waals surface area (Å²) in [6.07, 6.45) is 4.57. The fourth-order valence-electron chi connectivity index (χ4n) is 5.32. The van der Waals surface area contributed by atoms with Gasteiger partial charge in [-0.3, -0.25) is 4.90 Å². The third-order valence-corrected chi connectivity index (χ3v) is 6.97. The molecule has 32 heavy (non-hydrogen) atoms. The van der Waals surface area contributed by atoms with E-state index in [1.807, 2.05) is 0 Å². The molecule has 7 heteroatoms. The molecule has 2 aliphatic heterocycles. The highest BCUT2D eigenvalue weighted by Crippen LogP contribution is 2.42. The number of hydrogen-bond acceptors (Lipinski definition) is 6. The summed E-state index contributed by atoms with van der Waals surface area (Å²) >= 11 is 0. The lowest BCUT2D eigenvalue weighted by Gasteiger charge is -2.45. The molecule has 0 radical (unpaired) electrons. The van der Waals surface area contributed by atoms with Crippen LogP contribution in [-0.4, -0.2) is 57.8 Å². The maximum Gasteiger partial charge on any atom is 0.143 e. The van der Waals surface area contributed by atoms with Crippen molar-refractivity contribution in [3.63, 3.8) is 0 Å². The molecule has 3 aliphatic rings. The minimum absolute atomic E-state index is 0.0641. The zero-order chi connectivity index (χ0) is 21.8. The van der Waals surface area contributed by atoms with E-state index in [1.165, 1.54) is 29.7 Å². The Morgan fingerprint density at radius 2 is 1.91 bits per heavy atom. The molecular weight excluding hydrogens is 402 g/mol. The molecule has 1 saturated heterocycles. The van der Waals surface area contributed by atoms with E-state index in [4.69, 9.17) is 9.47 Å². The number of aromatic amines is 1. The van der Waals surface area contributed by atoms with Gasteiger partial charge in [0.2, 0.25) is 0 Å². The van der Waals surface area contributed by atoms with Crippen LogP contribution < -0.4 is 10.1 Å². The Bertz CT molecular complexity index is 1130. The molecule has 2 aromatic heterocycles. The van der Waals surface area contributed by atoms with E-state index in [0.717, 1.165) is 35.7 Å². The maximum absolute atomic E-state index is 6.28. The van der Waals surface area contributed by atoms with Gasteiger partial charge in [-0.1, -0.05) is 12.1 Å². The van der Waals surface area contributed by atoms with Crippen molar-refractivity contribution in [2.75, 3.05) is 25.0 Å². The second kappa shape index (κ2) is 7.74. The van der Waals surface area contributed by atoms with Gasteiger partial charge in [-0.05, 0) is 57.2 Å². The molecule has 2 fully saturated rings. The van der Waals surface area contributed by atoms with Crippen molar-refractivity contribution in [2.24, 2.45) is 0 Å². The SMILES string of the molecule is Cc1ccc2c(c1)OC[C@H](N1C[C@@H](C)O[C@@H](C)C1)[C@H]2Nc1ncnc2[nH]c(C3CC3)cc12. The number of rotatable bonds is 4. The van der Waals surface area contributed by atoms with Gasteiger partial charge in [0.25, 0.3) is 0 Å². The molecule has 1 aromatic carbocycles. The number of nitrogens with zero attached hydrogens (tertiary/aromatic N) is 3. The predicted octanol–water partition coefficient (Wildman–Crippen LogP) is 4.17. The van der Waals surface area contributed by atoms with Crippen LogP contribution in [0.2, 0.25) is 0 Å². The number of morpholine rings is 1. The number of nitrogens with one attached hydrogen (secondary N) is 2. The summed E-state index contributed by atoms with van der Waals surface area (Å²) < 4.78 is 12.3. The van der Waals surface area contributed by atoms with E-state index in [9.17, 15) is 0 Å². The fraction of sp³-hybridized carbons (Fsp3) is 0.520. The van der Waals surface area contributed by atoms with Gasteiger partial charge in [0.1, 0.15) is 30.1 Å². The molecule has 4 atom stereocenters. The predicted molar refractivity (Wildman–Crippen MR) is 124 cm³/mol. The summed E-state index contributed by atoms with van der Waals surface area (Å²) in [5.41, 5.74) is 4.58. The largest absolute Gasteiger partial charge is 0.491 e. The summed E-state index contributed by atoms with van der Waals surface area (Å²) in [5, 5.41) is 4.88. The highest BCUT2D eigenvalue weighted by molar-refractivity contribution is 5.88. The van der Waals surface area contributed by atoms with Crippen LogP contribution in [0.1, 0.15) is 55.5 Å². The number of hydrogen-bond donors (Lipinski definition) is 2. The molecule has 168 valence electrons. The Balaban J connectivity index is 1.39. The number of fused-ring (bicyclic) bond motifs is 2. The number of aromatic nitrogens is 3. The fourth-order valence-corrected chi connectivity index (χ4v) is 5.32. The van der Waals surface area contributed by atoms with Crippen LogP contribution in [0.15, 0.2) is 30.6 Å². The topological polar surface area (TPSA) is 75.3 Å². The molecule has 4 heterocycles. The highest BCUT2D eigenvalue weighted by atomic mass is 16.5. The molecule has 0 spiro atoms. The molecule has 2 N–H and O–H groups in total. The average molecular weight is 434 g/mol. The summed E-state index contributed by atoms with van der Waals surface area (Å²) in [5.74, 6) is 2.50. The number of H-pyrrole nitrogens is 1. The molecule has 0 bridgehead atoms. The van der Waals surface area contributed by atoms with Crippen molar-refractivity contribution in [3.8, 4) is 5.75 Å². The van der Waals surface area contributed by atoms with E-state index < -0.39 is 0 Å². The number of ether oxygens (including phenoxy) is 2. The van der Waals surface area contributed by atoms with Crippen molar-refractivity contribution < 1.29 is 9.47 Å². The van der Waals surface area contributed by atoms with Crippen LogP contribution in [0.25, 0.3) is 11.0 Å². The van der Waals surface area contributed by atoms with Crippen molar-refractivity contribution >= 4 is 16.9 Å². The van der Waals surface area contributed by atoms with Gasteiger partial charge >= 0.3 is 0 Å². The Hall–Kier alpha value is -2.64. The van der Waals surface area contributed by atoms with Gasteiger partial charge in [0, 0.05) is 24.3 Å². The van der Waals surface area contributed by atoms with E-state index in [0.29, 0.717) is 12.5 Å². The van der Waals surface area contributed by atoms with Crippen LogP contribution in [0.5, 0.6) is 5.75 Å². The Kier molecular flexibility index (Phi) is 4.84. The smallest absolute Gasteiger partial charge is 0.143 e. The number of aryl methyl sites for hydroxylation is 1. The van der Waals surface area contributed by atoms with Gasteiger partial charge in [-0.25, -0.2) is 9.97 Å². The summed E-state index contributed by atoms with van der Waals surface area (Å²) in [6, 6.07) is 8.99. The normalized spacial score (nSPS) is 28.3. The van der Waals surface area contributed by atoms with Crippen LogP contribution >= 0.6 is 0 Å². The zero-order valence-electron chi connectivity index (χ0n) is 19.0. The van der Waals surface area contributed by atoms with Crippen molar-refractivity contribution in [2.45, 2.75) is 63.8 Å². The lowest BCUT2D eigenvalue weighted by Crippen LogP contribution is -2.56. The molecule has 0 unspecified atom stereocenters. The van der Waals surface area contributed by atoms with E-state index in [2.05, 4.69) is 70.2 Å². The Labute approximate surface area is 188 Å². The van der Waals surface area contributed by atoms with Crippen LogP contribution in [0.3, 0.4) is 0 Å². The lowest BCUT2D eigenvalue weighted by molar-refractivity contribution is -0.0886. The minimum Gasteiger partial charge on any atom is -0.491 e. The Morgan fingerprint density at radius 1 is 1.09 bits per heavy atom. The van der Waals surface area contributed by atoms with Gasteiger partial charge in [-0.2, -0.15) is 0 Å². The molecular formula is C25H31N5O2. The first-order valence-corrected chi connectivity index (χ1v) is 11.8. The summed E-state index contributed by atoms with van der Waals surface area (Å²) in [6.45, 7) is 8.84. The third-order valence-electron chi connectivity index (χ3n) is 6.97. The van der Waals surface area contributed by atoms with E-state index in [-0.39, 0.29) is 24.3 Å². The minimum atomic E-state index is 0.0641. The van der Waals surface area contributed by atoms with Gasteiger partial charge in [-0.15, -0.1) is 0 Å². The van der Waals surface area contributed by atoms with Crippen LogP contribution in [0.4, 0.5) is 5.82 Å². The van der Waals surface area contributed by atoms with E-state index in [1.54, 1.807) is 6.33 Å². The third kappa shape index (κ3) is 3.63. The van der Waals surface area contributed by atoms with Crippen molar-refractivity contribution in [1.82, 2.24) is 19.9 Å².